The first-order valence-electron chi connectivity index (χ1n) is 8.61. The molecule has 0 radical (unpaired) electrons. The van der Waals surface area contributed by atoms with E-state index in [2.05, 4.69) is 40.5 Å². The van der Waals surface area contributed by atoms with Crippen LogP contribution in [0.1, 0.15) is 13.3 Å². The Hall–Kier alpha value is -2.34. The largest absolute Gasteiger partial charge is 0.461 e. The Bertz CT molecular complexity index is 815. The fourth-order valence-electron chi connectivity index (χ4n) is 3.23. The lowest BCUT2D eigenvalue weighted by Crippen LogP contribution is -2.44. The number of imidazole rings is 1. The molecule has 0 unspecified atom stereocenters. The summed E-state index contributed by atoms with van der Waals surface area (Å²) in [7, 11) is 2.17. The van der Waals surface area contributed by atoms with Crippen LogP contribution in [0.3, 0.4) is 0 Å². The maximum absolute atomic E-state index is 5.57. The summed E-state index contributed by atoms with van der Waals surface area (Å²) in [5.74, 6) is 2.70. The zero-order valence-corrected chi connectivity index (χ0v) is 14.3. The zero-order valence-electron chi connectivity index (χ0n) is 14.3. The standard InChI is InChI=1S/C18H23N5O/c1-3-8-23-17-14(19-18(23)15-5-4-13-24-15)6-7-16(20-17)22-11-9-21(2)10-12-22/h4-7,13H,3,8-12H2,1-2H3. The maximum Gasteiger partial charge on any atom is 0.178 e. The number of piperazine rings is 1. The second kappa shape index (κ2) is 6.28. The van der Waals surface area contributed by atoms with Gasteiger partial charge in [0.2, 0.25) is 0 Å². The number of hydrogen-bond acceptors (Lipinski definition) is 5. The van der Waals surface area contributed by atoms with Crippen molar-refractivity contribution in [3.8, 4) is 11.6 Å². The summed E-state index contributed by atoms with van der Waals surface area (Å²) in [6.07, 6.45) is 2.72. The van der Waals surface area contributed by atoms with Gasteiger partial charge in [0.05, 0.1) is 6.26 Å². The van der Waals surface area contributed by atoms with Gasteiger partial charge in [-0.1, -0.05) is 6.92 Å². The molecule has 3 aromatic rings. The van der Waals surface area contributed by atoms with Crippen molar-refractivity contribution in [1.29, 1.82) is 0 Å². The van der Waals surface area contributed by atoms with Crippen molar-refractivity contribution in [2.75, 3.05) is 38.1 Å². The van der Waals surface area contributed by atoms with Crippen LogP contribution in [0.4, 0.5) is 5.82 Å². The van der Waals surface area contributed by atoms with Gasteiger partial charge in [0.15, 0.2) is 17.2 Å². The lowest BCUT2D eigenvalue weighted by atomic mass is 10.3. The number of hydrogen-bond donors (Lipinski definition) is 0. The predicted octanol–water partition coefficient (Wildman–Crippen LogP) is 2.85. The molecule has 3 aromatic heterocycles. The number of furan rings is 1. The molecule has 4 heterocycles. The number of aromatic nitrogens is 3. The maximum atomic E-state index is 5.57. The molecular formula is C18H23N5O. The van der Waals surface area contributed by atoms with E-state index in [0.29, 0.717) is 0 Å². The van der Waals surface area contributed by atoms with Crippen LogP contribution in [0.25, 0.3) is 22.7 Å². The molecule has 1 fully saturated rings. The minimum absolute atomic E-state index is 0.794. The summed E-state index contributed by atoms with van der Waals surface area (Å²) in [6, 6.07) is 8.01. The summed E-state index contributed by atoms with van der Waals surface area (Å²) >= 11 is 0. The zero-order chi connectivity index (χ0) is 16.5. The molecule has 24 heavy (non-hydrogen) atoms. The number of anilines is 1. The average molecular weight is 325 g/mol. The van der Waals surface area contributed by atoms with Crippen LogP contribution in [-0.4, -0.2) is 52.7 Å². The first kappa shape index (κ1) is 15.2. The minimum atomic E-state index is 0.794. The molecular weight excluding hydrogens is 302 g/mol. The molecule has 0 saturated carbocycles. The lowest BCUT2D eigenvalue weighted by Gasteiger charge is -2.33. The molecule has 0 amide bonds. The fraction of sp³-hybridized carbons (Fsp3) is 0.444. The van der Waals surface area contributed by atoms with E-state index in [-0.39, 0.29) is 0 Å². The predicted molar refractivity (Wildman–Crippen MR) is 95.2 cm³/mol. The summed E-state index contributed by atoms with van der Waals surface area (Å²) < 4.78 is 7.74. The minimum Gasteiger partial charge on any atom is -0.461 e. The molecule has 0 N–H and O–H groups in total. The quantitative estimate of drug-likeness (QED) is 0.738. The van der Waals surface area contributed by atoms with E-state index in [1.807, 2.05) is 12.1 Å². The Morgan fingerprint density at radius 2 is 1.92 bits per heavy atom. The van der Waals surface area contributed by atoms with Gasteiger partial charge in [0.25, 0.3) is 0 Å². The van der Waals surface area contributed by atoms with E-state index in [4.69, 9.17) is 14.4 Å². The topological polar surface area (TPSA) is 50.3 Å². The number of rotatable bonds is 4. The highest BCUT2D eigenvalue weighted by atomic mass is 16.3. The summed E-state index contributed by atoms with van der Waals surface area (Å²) in [5.41, 5.74) is 1.87. The number of nitrogens with zero attached hydrogens (tertiary/aromatic N) is 5. The number of pyridine rings is 1. The molecule has 0 aromatic carbocycles. The van der Waals surface area contributed by atoms with E-state index in [9.17, 15) is 0 Å². The monoisotopic (exact) mass is 325 g/mol. The molecule has 4 rings (SSSR count). The third kappa shape index (κ3) is 2.67. The summed E-state index contributed by atoms with van der Waals surface area (Å²) in [5, 5.41) is 0. The highest BCUT2D eigenvalue weighted by Crippen LogP contribution is 2.26. The van der Waals surface area contributed by atoms with Crippen molar-refractivity contribution in [3.63, 3.8) is 0 Å². The van der Waals surface area contributed by atoms with Crippen LogP contribution in [0.5, 0.6) is 0 Å². The lowest BCUT2D eigenvalue weighted by molar-refractivity contribution is 0.312. The Balaban J connectivity index is 1.76. The van der Waals surface area contributed by atoms with Crippen LogP contribution < -0.4 is 4.90 Å². The van der Waals surface area contributed by atoms with Gasteiger partial charge in [-0.15, -0.1) is 0 Å². The Labute approximate surface area is 141 Å². The molecule has 0 aliphatic carbocycles. The number of aryl methyl sites for hydroxylation is 1. The van der Waals surface area contributed by atoms with Gasteiger partial charge in [-0.3, -0.25) is 0 Å². The van der Waals surface area contributed by atoms with E-state index < -0.39 is 0 Å². The number of likely N-dealkylation sites (N-methyl/N-ethyl adjacent to an activating group) is 1. The molecule has 1 saturated heterocycles. The Morgan fingerprint density at radius 1 is 1.08 bits per heavy atom. The average Bonchev–Trinajstić information content (AvgIpc) is 3.24. The van der Waals surface area contributed by atoms with Crippen LogP contribution in [0.15, 0.2) is 34.9 Å². The van der Waals surface area contributed by atoms with Crippen molar-refractivity contribution in [1.82, 2.24) is 19.4 Å². The van der Waals surface area contributed by atoms with Crippen LogP contribution >= 0.6 is 0 Å². The summed E-state index contributed by atoms with van der Waals surface area (Å²) in [4.78, 5) is 14.4. The van der Waals surface area contributed by atoms with E-state index in [1.54, 1.807) is 6.26 Å². The van der Waals surface area contributed by atoms with Gasteiger partial charge < -0.3 is 18.8 Å². The van der Waals surface area contributed by atoms with Gasteiger partial charge >= 0.3 is 0 Å². The second-order valence-electron chi connectivity index (χ2n) is 6.37. The summed E-state index contributed by atoms with van der Waals surface area (Å²) in [6.45, 7) is 7.23. The third-order valence-corrected chi connectivity index (χ3v) is 4.59. The Kier molecular flexibility index (Phi) is 3.98. The van der Waals surface area contributed by atoms with Crippen molar-refractivity contribution in [2.45, 2.75) is 19.9 Å². The first-order valence-corrected chi connectivity index (χ1v) is 8.61. The van der Waals surface area contributed by atoms with Gasteiger partial charge in [-0.25, -0.2) is 9.97 Å². The van der Waals surface area contributed by atoms with Gasteiger partial charge in [-0.05, 0) is 37.7 Å². The molecule has 6 heteroatoms. The highest BCUT2D eigenvalue weighted by Gasteiger charge is 2.19. The van der Waals surface area contributed by atoms with Crippen molar-refractivity contribution < 1.29 is 4.42 Å². The van der Waals surface area contributed by atoms with Crippen LogP contribution in [0.2, 0.25) is 0 Å². The fourth-order valence-corrected chi connectivity index (χ4v) is 3.23. The first-order chi connectivity index (χ1) is 11.8. The Morgan fingerprint density at radius 3 is 2.62 bits per heavy atom. The second-order valence-corrected chi connectivity index (χ2v) is 6.37. The molecule has 6 nitrogen and oxygen atoms in total. The third-order valence-electron chi connectivity index (χ3n) is 4.59. The van der Waals surface area contributed by atoms with Crippen LogP contribution in [0, 0.1) is 0 Å². The molecule has 1 aliphatic heterocycles. The SMILES string of the molecule is CCCn1c(-c2ccco2)nc2ccc(N3CCN(C)CC3)nc21. The normalized spacial score (nSPS) is 16.2. The molecule has 0 spiro atoms. The van der Waals surface area contributed by atoms with E-state index >= 15 is 0 Å². The molecule has 126 valence electrons. The molecule has 1 aliphatic rings. The number of fused-ring (bicyclic) bond motifs is 1. The van der Waals surface area contributed by atoms with Crippen molar-refractivity contribution >= 4 is 17.0 Å². The highest BCUT2D eigenvalue weighted by molar-refractivity contribution is 5.78. The van der Waals surface area contributed by atoms with Gasteiger partial charge in [0.1, 0.15) is 11.3 Å². The van der Waals surface area contributed by atoms with E-state index in [1.165, 1.54) is 0 Å². The van der Waals surface area contributed by atoms with Gasteiger partial charge in [-0.2, -0.15) is 0 Å². The van der Waals surface area contributed by atoms with E-state index in [0.717, 1.165) is 67.7 Å². The van der Waals surface area contributed by atoms with Gasteiger partial charge in [0, 0.05) is 32.7 Å². The van der Waals surface area contributed by atoms with Crippen molar-refractivity contribution in [2.24, 2.45) is 0 Å². The van der Waals surface area contributed by atoms with Crippen LogP contribution in [-0.2, 0) is 6.54 Å². The molecule has 0 bridgehead atoms. The molecule has 0 atom stereocenters. The smallest absolute Gasteiger partial charge is 0.178 e. The van der Waals surface area contributed by atoms with Crippen molar-refractivity contribution in [3.05, 3.63) is 30.5 Å².